The topological polar surface area (TPSA) is 6.48 Å². The molecule has 11 aromatic rings. The zero-order chi connectivity index (χ0) is 48.3. The molecular formula is C71H54N2. The molecule has 0 N–H and O–H groups in total. The second-order valence-corrected chi connectivity index (χ2v) is 20.2. The quantitative estimate of drug-likeness (QED) is 0.142. The Labute approximate surface area is 429 Å². The smallest absolute Gasteiger partial charge is 0.0727 e. The largest absolute Gasteiger partial charge is 0.310 e. The van der Waals surface area contributed by atoms with Crippen LogP contribution >= 0.6 is 0 Å². The highest BCUT2D eigenvalue weighted by molar-refractivity contribution is 6.01. The molecule has 0 aromatic heterocycles. The predicted molar refractivity (Wildman–Crippen MR) is 306 cm³/mol. The van der Waals surface area contributed by atoms with Crippen LogP contribution in [0.25, 0.3) is 55.3 Å². The predicted octanol–water partition coefficient (Wildman–Crippen LogP) is 19.5. The lowest BCUT2D eigenvalue weighted by atomic mass is 9.70. The molecule has 1 fully saturated rings. The van der Waals surface area contributed by atoms with Gasteiger partial charge in [0.15, 0.2) is 0 Å². The second kappa shape index (κ2) is 17.8. The third kappa shape index (κ3) is 7.15. The number of rotatable bonds is 9. The zero-order valence-electron chi connectivity index (χ0n) is 40.8. The van der Waals surface area contributed by atoms with E-state index in [0.717, 1.165) is 34.1 Å². The average Bonchev–Trinajstić information content (AvgIpc) is 4.01. The first-order valence-electron chi connectivity index (χ1n) is 26.2. The number of fused-ring (bicyclic) bond motifs is 11. The third-order valence-corrected chi connectivity index (χ3v) is 16.2. The number of hydrogen-bond acceptors (Lipinski definition) is 2. The molecule has 73 heavy (non-hydrogen) atoms. The Morgan fingerprint density at radius 2 is 0.726 bits per heavy atom. The molecule has 1 saturated carbocycles. The third-order valence-electron chi connectivity index (χ3n) is 16.2. The summed E-state index contributed by atoms with van der Waals surface area (Å²) in [5.41, 5.74) is 22.8. The summed E-state index contributed by atoms with van der Waals surface area (Å²) >= 11 is 0. The van der Waals surface area contributed by atoms with Crippen molar-refractivity contribution in [1.82, 2.24) is 0 Å². The average molecular weight is 935 g/mol. The van der Waals surface area contributed by atoms with Crippen molar-refractivity contribution in [2.75, 3.05) is 9.80 Å². The fraction of sp³-hybridized carbons (Fsp3) is 0.0986. The lowest BCUT2D eigenvalue weighted by molar-refractivity contribution is 0.443. The van der Waals surface area contributed by atoms with Crippen molar-refractivity contribution in [1.29, 1.82) is 0 Å². The monoisotopic (exact) mass is 934 g/mol. The van der Waals surface area contributed by atoms with E-state index in [-0.39, 0.29) is 0 Å². The molecule has 1 spiro atoms. The van der Waals surface area contributed by atoms with E-state index < -0.39 is 5.41 Å². The van der Waals surface area contributed by atoms with Crippen LogP contribution in [0.4, 0.5) is 34.1 Å². The molecular weight excluding hydrogens is 881 g/mol. The van der Waals surface area contributed by atoms with Crippen molar-refractivity contribution in [3.8, 4) is 44.5 Å². The van der Waals surface area contributed by atoms with Gasteiger partial charge in [-0.25, -0.2) is 0 Å². The lowest BCUT2D eigenvalue weighted by Gasteiger charge is -2.34. The Bertz CT molecular complexity index is 3800. The standard InChI is InChI=1S/C71H54N2/c1-5-19-49(20-6-1)51-33-37-57(38-34-51)72(56-27-11-4-12-28-56)59-41-43-63-61-29-15-17-31-66(61)71(68(63)47-59)67-32-18-16-30-62(67)64-44-42-60(48-69(64)71)73(58-39-35-52(36-40-58)50-21-7-2-8-22-50)70-46-55-26-14-13-25-54(55)45-65(70)53-23-9-3-10-24-53/h1,3-6,9-20,23-48,50H,2,7-8,21-22H2. The molecule has 0 bridgehead atoms. The number of para-hydroxylation sites is 1. The summed E-state index contributed by atoms with van der Waals surface area (Å²) in [6.45, 7) is 0. The van der Waals surface area contributed by atoms with Gasteiger partial charge in [-0.2, -0.15) is 0 Å². The van der Waals surface area contributed by atoms with Crippen LogP contribution in [0.3, 0.4) is 0 Å². The van der Waals surface area contributed by atoms with Crippen molar-refractivity contribution in [3.63, 3.8) is 0 Å². The van der Waals surface area contributed by atoms with Gasteiger partial charge in [-0.1, -0.05) is 207 Å². The van der Waals surface area contributed by atoms with Crippen LogP contribution < -0.4 is 9.80 Å². The van der Waals surface area contributed by atoms with Crippen LogP contribution in [-0.4, -0.2) is 0 Å². The fourth-order valence-electron chi connectivity index (χ4n) is 12.9. The number of benzene rings is 11. The molecule has 3 aliphatic carbocycles. The molecule has 3 aliphatic rings. The number of anilines is 6. The van der Waals surface area contributed by atoms with Gasteiger partial charge in [-0.3, -0.25) is 0 Å². The molecule has 2 nitrogen and oxygen atoms in total. The van der Waals surface area contributed by atoms with E-state index in [2.05, 4.69) is 271 Å². The van der Waals surface area contributed by atoms with Gasteiger partial charge in [-0.15, -0.1) is 0 Å². The maximum Gasteiger partial charge on any atom is 0.0727 e. The molecule has 11 aromatic carbocycles. The maximum atomic E-state index is 2.55. The summed E-state index contributed by atoms with van der Waals surface area (Å²) in [6.07, 6.45) is 6.52. The molecule has 0 saturated heterocycles. The maximum absolute atomic E-state index is 2.55. The Hall–Kier alpha value is -8.72. The SMILES string of the molecule is c1ccc(-c2ccc(N(c3ccccc3)c3ccc4c(c3)C3(c5ccccc5-4)c4ccccc4-c4ccc(N(c5ccc(C6CCCCC6)cc5)c5cc6ccccc6cc5-c5ccccc5)cc43)cc2)cc1. The van der Waals surface area contributed by atoms with Crippen LogP contribution in [0, 0.1) is 0 Å². The highest BCUT2D eigenvalue weighted by Gasteiger charge is 2.52. The molecule has 1 atom stereocenters. The van der Waals surface area contributed by atoms with E-state index in [1.807, 2.05) is 0 Å². The van der Waals surface area contributed by atoms with E-state index in [9.17, 15) is 0 Å². The van der Waals surface area contributed by atoms with Crippen molar-refractivity contribution in [3.05, 3.63) is 289 Å². The normalized spacial score (nSPS) is 15.4. The summed E-state index contributed by atoms with van der Waals surface area (Å²) in [5.74, 6) is 0.619. The minimum atomic E-state index is -0.592. The summed E-state index contributed by atoms with van der Waals surface area (Å²) in [5, 5.41) is 2.45. The van der Waals surface area contributed by atoms with Gasteiger partial charge < -0.3 is 9.80 Å². The molecule has 0 radical (unpaired) electrons. The van der Waals surface area contributed by atoms with Gasteiger partial charge in [0.05, 0.1) is 11.1 Å². The van der Waals surface area contributed by atoms with Gasteiger partial charge in [0.1, 0.15) is 0 Å². The second-order valence-electron chi connectivity index (χ2n) is 20.2. The van der Waals surface area contributed by atoms with Crippen molar-refractivity contribution < 1.29 is 0 Å². The summed E-state index contributed by atoms with van der Waals surface area (Å²) in [6, 6.07) is 97.7. The Kier molecular flexibility index (Phi) is 10.5. The molecule has 348 valence electrons. The minimum absolute atomic E-state index is 0.592. The molecule has 1 unspecified atom stereocenters. The molecule has 0 aliphatic heterocycles. The molecule has 0 amide bonds. The fourth-order valence-corrected chi connectivity index (χ4v) is 12.9. The Balaban J connectivity index is 0.994. The highest BCUT2D eigenvalue weighted by atomic mass is 15.1. The minimum Gasteiger partial charge on any atom is -0.310 e. The van der Waals surface area contributed by atoms with Gasteiger partial charge in [0, 0.05) is 34.0 Å². The Morgan fingerprint density at radius 1 is 0.288 bits per heavy atom. The van der Waals surface area contributed by atoms with E-state index in [4.69, 9.17) is 0 Å². The summed E-state index contributed by atoms with van der Waals surface area (Å²) < 4.78 is 0. The van der Waals surface area contributed by atoms with Crippen molar-refractivity contribution >= 4 is 44.9 Å². The van der Waals surface area contributed by atoms with Crippen LogP contribution in [0.1, 0.15) is 65.8 Å². The summed E-state index contributed by atoms with van der Waals surface area (Å²) in [7, 11) is 0. The van der Waals surface area contributed by atoms with E-state index in [1.165, 1.54) is 115 Å². The van der Waals surface area contributed by atoms with Gasteiger partial charge in [0.2, 0.25) is 0 Å². The first-order chi connectivity index (χ1) is 36.2. The van der Waals surface area contributed by atoms with Crippen LogP contribution in [0.5, 0.6) is 0 Å². The van der Waals surface area contributed by atoms with Crippen LogP contribution in [-0.2, 0) is 5.41 Å². The van der Waals surface area contributed by atoms with E-state index in [1.54, 1.807) is 0 Å². The molecule has 14 rings (SSSR count). The zero-order valence-corrected chi connectivity index (χ0v) is 40.8. The van der Waals surface area contributed by atoms with Crippen LogP contribution in [0.2, 0.25) is 0 Å². The Morgan fingerprint density at radius 3 is 1.34 bits per heavy atom. The van der Waals surface area contributed by atoms with Gasteiger partial charge in [0.25, 0.3) is 0 Å². The van der Waals surface area contributed by atoms with Crippen molar-refractivity contribution in [2.45, 2.75) is 43.4 Å². The van der Waals surface area contributed by atoms with E-state index in [0.29, 0.717) is 5.92 Å². The highest BCUT2D eigenvalue weighted by Crippen LogP contribution is 2.64. The van der Waals surface area contributed by atoms with Gasteiger partial charge >= 0.3 is 0 Å². The molecule has 0 heterocycles. The lowest BCUT2D eigenvalue weighted by Crippen LogP contribution is -2.26. The number of nitrogens with zero attached hydrogens (tertiary/aromatic N) is 2. The summed E-state index contributed by atoms with van der Waals surface area (Å²) in [4.78, 5) is 4.97. The van der Waals surface area contributed by atoms with Crippen molar-refractivity contribution in [2.24, 2.45) is 0 Å². The van der Waals surface area contributed by atoms with E-state index >= 15 is 0 Å². The first kappa shape index (κ1) is 43.1. The molecule has 2 heteroatoms. The van der Waals surface area contributed by atoms with Gasteiger partial charge in [-0.05, 0) is 169 Å². The first-order valence-corrected chi connectivity index (χ1v) is 26.2. The van der Waals surface area contributed by atoms with Crippen LogP contribution in [0.15, 0.2) is 261 Å². The number of hydrogen-bond donors (Lipinski definition) is 0.